The van der Waals surface area contributed by atoms with Gasteiger partial charge in [-0.05, 0) is 29.2 Å². The van der Waals surface area contributed by atoms with Crippen LogP contribution in [0.15, 0.2) is 84.9 Å². The molecule has 1 N–H and O–H groups in total. The van der Waals surface area contributed by atoms with Crippen molar-refractivity contribution in [1.82, 2.24) is 9.80 Å². The topological polar surface area (TPSA) is 52.7 Å². The number of carbonyl (C=O) groups is 2. The van der Waals surface area contributed by atoms with Crippen LogP contribution in [0.1, 0.15) is 21.5 Å². The van der Waals surface area contributed by atoms with Crippen LogP contribution in [0.25, 0.3) is 21.9 Å². The molecule has 4 aromatic rings. The average Bonchev–Trinajstić information content (AvgIpc) is 2.92. The van der Waals surface area contributed by atoms with E-state index in [2.05, 4.69) is 45.4 Å². The number of hydrogen-bond donors (Lipinski definition) is 1. The molecule has 1 fully saturated rings. The minimum atomic E-state index is -0.0176. The molecule has 6 rings (SSSR count). The first-order valence-corrected chi connectivity index (χ1v) is 12.7. The highest BCUT2D eigenvalue weighted by molar-refractivity contribution is 6.27. The van der Waals surface area contributed by atoms with E-state index in [1.54, 1.807) is 0 Å². The van der Waals surface area contributed by atoms with Gasteiger partial charge in [0.1, 0.15) is 0 Å². The van der Waals surface area contributed by atoms with Gasteiger partial charge in [0, 0.05) is 60.3 Å². The zero-order valence-corrected chi connectivity index (χ0v) is 20.2. The summed E-state index contributed by atoms with van der Waals surface area (Å²) in [6.45, 7) is 5.14. The maximum atomic E-state index is 13.1. The molecule has 0 saturated carbocycles. The van der Waals surface area contributed by atoms with E-state index in [1.165, 1.54) is 5.56 Å². The zero-order valence-electron chi connectivity index (χ0n) is 20.2. The molecule has 4 aromatic carbocycles. The number of nitrogens with one attached hydrogen (secondary N) is 1. The quantitative estimate of drug-likeness (QED) is 0.382. The summed E-state index contributed by atoms with van der Waals surface area (Å²) in [7, 11) is 0. The molecule has 0 aromatic heterocycles. The molecule has 2 aliphatic rings. The second kappa shape index (κ2) is 9.69. The van der Waals surface area contributed by atoms with Crippen molar-refractivity contribution in [3.05, 3.63) is 102 Å². The van der Waals surface area contributed by atoms with Gasteiger partial charge in [-0.1, -0.05) is 78.9 Å². The van der Waals surface area contributed by atoms with Gasteiger partial charge >= 0.3 is 0 Å². The lowest BCUT2D eigenvalue weighted by molar-refractivity contribution is -0.117. The Morgan fingerprint density at radius 2 is 1.39 bits per heavy atom. The molecule has 1 amide bonds. The number of benzene rings is 4. The van der Waals surface area contributed by atoms with Crippen molar-refractivity contribution in [2.75, 3.05) is 44.6 Å². The third-order valence-electron chi connectivity index (χ3n) is 7.41. The van der Waals surface area contributed by atoms with Gasteiger partial charge in [-0.3, -0.25) is 14.5 Å². The van der Waals surface area contributed by atoms with Crippen LogP contribution in [-0.2, 0) is 11.2 Å². The van der Waals surface area contributed by atoms with Gasteiger partial charge in [-0.15, -0.1) is 0 Å². The summed E-state index contributed by atoms with van der Waals surface area (Å²) >= 11 is 0. The van der Waals surface area contributed by atoms with Gasteiger partial charge in [0.05, 0.1) is 6.54 Å². The molecular weight excluding hydrogens is 446 g/mol. The van der Waals surface area contributed by atoms with Gasteiger partial charge in [-0.25, -0.2) is 0 Å². The van der Waals surface area contributed by atoms with E-state index in [9.17, 15) is 9.59 Å². The van der Waals surface area contributed by atoms with Crippen LogP contribution in [0.4, 0.5) is 5.69 Å². The third kappa shape index (κ3) is 4.32. The van der Waals surface area contributed by atoms with E-state index in [-0.39, 0.29) is 11.7 Å². The van der Waals surface area contributed by atoms with Gasteiger partial charge in [0.15, 0.2) is 5.78 Å². The van der Waals surface area contributed by atoms with Crippen LogP contribution < -0.4 is 5.32 Å². The third-order valence-corrected chi connectivity index (χ3v) is 7.41. The molecule has 0 radical (unpaired) electrons. The molecule has 1 aliphatic carbocycles. The molecule has 0 spiro atoms. The Bertz CT molecular complexity index is 1440. The highest BCUT2D eigenvalue weighted by Gasteiger charge is 2.26. The second-order valence-electron chi connectivity index (χ2n) is 9.67. The van der Waals surface area contributed by atoms with Gasteiger partial charge in [-0.2, -0.15) is 0 Å². The summed E-state index contributed by atoms with van der Waals surface area (Å²) in [5.41, 5.74) is 5.55. The van der Waals surface area contributed by atoms with Gasteiger partial charge in [0.2, 0.25) is 5.91 Å². The van der Waals surface area contributed by atoms with E-state index in [1.807, 2.05) is 54.6 Å². The molecule has 5 nitrogen and oxygen atoms in total. The van der Waals surface area contributed by atoms with Gasteiger partial charge < -0.3 is 10.2 Å². The van der Waals surface area contributed by atoms with Crippen molar-refractivity contribution in [3.8, 4) is 11.1 Å². The van der Waals surface area contributed by atoms with Crippen LogP contribution in [0.3, 0.4) is 0 Å². The Morgan fingerprint density at radius 3 is 2.19 bits per heavy atom. The minimum Gasteiger partial charge on any atom is -0.324 e. The van der Waals surface area contributed by atoms with E-state index in [0.717, 1.165) is 72.3 Å². The Morgan fingerprint density at radius 1 is 0.694 bits per heavy atom. The number of carbonyl (C=O) groups excluding carboxylic acids is 2. The largest absolute Gasteiger partial charge is 0.324 e. The van der Waals surface area contributed by atoms with Crippen molar-refractivity contribution < 1.29 is 9.59 Å². The Hall–Kier alpha value is -3.80. The van der Waals surface area contributed by atoms with Gasteiger partial charge in [0.25, 0.3) is 0 Å². The molecule has 0 bridgehead atoms. The summed E-state index contributed by atoms with van der Waals surface area (Å²) in [5, 5.41) is 4.96. The number of hydrogen-bond acceptors (Lipinski definition) is 4. The average molecular weight is 476 g/mol. The molecule has 5 heteroatoms. The fourth-order valence-electron chi connectivity index (χ4n) is 5.49. The van der Waals surface area contributed by atoms with Crippen molar-refractivity contribution in [1.29, 1.82) is 0 Å². The molecule has 0 unspecified atom stereocenters. The van der Waals surface area contributed by atoms with Crippen LogP contribution in [-0.4, -0.2) is 60.8 Å². The molecular formula is C31H29N3O2. The fraction of sp³-hybridized carbons (Fsp3) is 0.226. The SMILES string of the molecule is O=C(CN1CCN(CCc2ccccc2)CC1)Nc1ccc2c3c(cccc13)C(=O)c1ccccc1-2. The van der Waals surface area contributed by atoms with Crippen LogP contribution in [0.2, 0.25) is 0 Å². The Balaban J connectivity index is 1.12. The molecule has 180 valence electrons. The van der Waals surface area contributed by atoms with Crippen molar-refractivity contribution >= 4 is 28.2 Å². The lowest BCUT2D eigenvalue weighted by Crippen LogP contribution is -2.49. The van der Waals surface area contributed by atoms with Crippen LogP contribution in [0.5, 0.6) is 0 Å². The highest BCUT2D eigenvalue weighted by Crippen LogP contribution is 2.41. The number of rotatable bonds is 6. The van der Waals surface area contributed by atoms with Crippen LogP contribution >= 0.6 is 0 Å². The number of anilines is 1. The lowest BCUT2D eigenvalue weighted by Gasteiger charge is -2.34. The maximum Gasteiger partial charge on any atom is 0.238 e. The number of piperazine rings is 1. The van der Waals surface area contributed by atoms with Crippen molar-refractivity contribution in [3.63, 3.8) is 0 Å². The Kier molecular flexibility index (Phi) is 6.09. The first kappa shape index (κ1) is 22.7. The predicted octanol–water partition coefficient (Wildman–Crippen LogP) is 4.85. The highest BCUT2D eigenvalue weighted by atomic mass is 16.2. The number of ketones is 1. The normalized spacial score (nSPS) is 15.6. The maximum absolute atomic E-state index is 13.1. The summed E-state index contributed by atoms with van der Waals surface area (Å²) in [6, 6.07) is 28.1. The first-order chi connectivity index (χ1) is 17.7. The summed E-state index contributed by atoms with van der Waals surface area (Å²) < 4.78 is 0. The zero-order chi connectivity index (χ0) is 24.5. The number of nitrogens with zero attached hydrogens (tertiary/aromatic N) is 2. The number of amides is 1. The fourth-order valence-corrected chi connectivity index (χ4v) is 5.49. The minimum absolute atomic E-state index is 0.0176. The monoisotopic (exact) mass is 475 g/mol. The van der Waals surface area contributed by atoms with E-state index in [4.69, 9.17) is 0 Å². The molecule has 1 heterocycles. The smallest absolute Gasteiger partial charge is 0.238 e. The van der Waals surface area contributed by atoms with E-state index in [0.29, 0.717) is 12.1 Å². The molecule has 1 aliphatic heterocycles. The van der Waals surface area contributed by atoms with Crippen LogP contribution in [0, 0.1) is 0 Å². The standard InChI is InChI=1S/C31H29N3O2/c35-29(21-34-19-17-33(18-20-34)16-15-22-7-2-1-3-8-22)32-28-14-13-24-23-9-4-5-10-25(23)31(36)27-12-6-11-26(28)30(24)27/h1-14H,15-21H2,(H,32,35). The lowest BCUT2D eigenvalue weighted by atomic mass is 9.82. The van der Waals surface area contributed by atoms with Crippen molar-refractivity contribution in [2.24, 2.45) is 0 Å². The molecule has 36 heavy (non-hydrogen) atoms. The number of fused-ring (bicyclic) bond motifs is 2. The second-order valence-corrected chi connectivity index (χ2v) is 9.67. The summed E-state index contributed by atoms with van der Waals surface area (Å²) in [6.07, 6.45) is 1.05. The van der Waals surface area contributed by atoms with E-state index >= 15 is 0 Å². The molecule has 0 atom stereocenters. The predicted molar refractivity (Wildman–Crippen MR) is 144 cm³/mol. The summed E-state index contributed by atoms with van der Waals surface area (Å²) in [4.78, 5) is 30.8. The Labute approximate surface area is 211 Å². The van der Waals surface area contributed by atoms with E-state index < -0.39 is 0 Å². The van der Waals surface area contributed by atoms with Crippen molar-refractivity contribution in [2.45, 2.75) is 6.42 Å². The first-order valence-electron chi connectivity index (χ1n) is 12.7. The summed E-state index contributed by atoms with van der Waals surface area (Å²) in [5.74, 6) is 0.0216. The molecule has 1 saturated heterocycles.